The first-order valence-corrected chi connectivity index (χ1v) is 7.16. The lowest BCUT2D eigenvalue weighted by molar-refractivity contribution is -0.134. The molecule has 1 amide bonds. The first kappa shape index (κ1) is 19.2. The molecule has 2 unspecified atom stereocenters. The van der Waals surface area contributed by atoms with Crippen molar-refractivity contribution in [2.75, 3.05) is 6.54 Å². The van der Waals surface area contributed by atoms with Crippen molar-refractivity contribution in [3.05, 3.63) is 34.9 Å². The standard InChI is InChI=1S/C15H23ClN2O.ClH/c1-4-11(3)14(17)15(19)18(5-2)10-12-7-6-8-13(16)9-12;/h6-9,11,14H,4-5,10,17H2,1-3H3;1H. The van der Waals surface area contributed by atoms with E-state index in [0.717, 1.165) is 12.0 Å². The van der Waals surface area contributed by atoms with Crippen molar-refractivity contribution in [1.82, 2.24) is 4.90 Å². The number of benzene rings is 1. The van der Waals surface area contributed by atoms with E-state index < -0.39 is 6.04 Å². The summed E-state index contributed by atoms with van der Waals surface area (Å²) < 4.78 is 0. The molecule has 2 N–H and O–H groups in total. The molecule has 20 heavy (non-hydrogen) atoms. The van der Waals surface area contributed by atoms with Crippen LogP contribution in [0.4, 0.5) is 0 Å². The number of nitrogens with two attached hydrogens (primary N) is 1. The van der Waals surface area contributed by atoms with E-state index in [1.807, 2.05) is 45.0 Å². The lowest BCUT2D eigenvalue weighted by Crippen LogP contribution is -2.46. The molecule has 0 spiro atoms. The molecule has 2 atom stereocenters. The number of rotatable bonds is 6. The molecule has 1 aromatic rings. The van der Waals surface area contributed by atoms with Gasteiger partial charge in [-0.1, -0.05) is 44.0 Å². The molecule has 0 saturated heterocycles. The van der Waals surface area contributed by atoms with E-state index in [0.29, 0.717) is 18.1 Å². The number of hydrogen-bond donors (Lipinski definition) is 1. The first-order valence-electron chi connectivity index (χ1n) is 6.78. The van der Waals surface area contributed by atoms with Crippen LogP contribution in [0.5, 0.6) is 0 Å². The quantitative estimate of drug-likeness (QED) is 0.872. The molecule has 0 aliphatic carbocycles. The first-order chi connectivity index (χ1) is 8.99. The largest absolute Gasteiger partial charge is 0.337 e. The smallest absolute Gasteiger partial charge is 0.240 e. The average molecular weight is 319 g/mol. The van der Waals surface area contributed by atoms with Crippen LogP contribution in [0.1, 0.15) is 32.8 Å². The van der Waals surface area contributed by atoms with Gasteiger partial charge in [0.1, 0.15) is 0 Å². The Morgan fingerprint density at radius 1 is 1.40 bits per heavy atom. The fraction of sp³-hybridized carbons (Fsp3) is 0.533. The van der Waals surface area contributed by atoms with Crippen molar-refractivity contribution < 1.29 is 4.79 Å². The Bertz CT molecular complexity index is 426. The SMILES string of the molecule is CCC(C)C(N)C(=O)N(CC)Cc1cccc(Cl)c1.Cl. The Kier molecular flexibility index (Phi) is 8.86. The minimum absolute atomic E-state index is 0. The van der Waals surface area contributed by atoms with E-state index in [1.54, 1.807) is 4.90 Å². The summed E-state index contributed by atoms with van der Waals surface area (Å²) in [4.78, 5) is 14.1. The summed E-state index contributed by atoms with van der Waals surface area (Å²) in [5.74, 6) is 0.206. The average Bonchev–Trinajstić information content (AvgIpc) is 2.42. The summed E-state index contributed by atoms with van der Waals surface area (Å²) >= 11 is 5.96. The highest BCUT2D eigenvalue weighted by Gasteiger charge is 2.24. The van der Waals surface area contributed by atoms with Crippen molar-refractivity contribution in [1.29, 1.82) is 0 Å². The van der Waals surface area contributed by atoms with Gasteiger partial charge in [0.2, 0.25) is 5.91 Å². The molecular formula is C15H24Cl2N2O. The lowest BCUT2D eigenvalue weighted by atomic mass is 9.98. The van der Waals surface area contributed by atoms with Crippen LogP contribution < -0.4 is 5.73 Å². The van der Waals surface area contributed by atoms with Gasteiger partial charge < -0.3 is 10.6 Å². The van der Waals surface area contributed by atoms with Crippen LogP contribution in [0.3, 0.4) is 0 Å². The highest BCUT2D eigenvalue weighted by Crippen LogP contribution is 2.15. The van der Waals surface area contributed by atoms with Crippen LogP contribution in [0.15, 0.2) is 24.3 Å². The topological polar surface area (TPSA) is 46.3 Å². The third-order valence-corrected chi connectivity index (χ3v) is 3.73. The molecule has 5 heteroatoms. The highest BCUT2D eigenvalue weighted by molar-refractivity contribution is 6.30. The van der Waals surface area contributed by atoms with Gasteiger partial charge in [-0.15, -0.1) is 12.4 Å². The second kappa shape index (κ2) is 9.22. The second-order valence-corrected chi connectivity index (χ2v) is 5.33. The summed E-state index contributed by atoms with van der Waals surface area (Å²) in [6.45, 7) is 7.22. The molecular weight excluding hydrogens is 295 g/mol. The fourth-order valence-electron chi connectivity index (χ4n) is 1.91. The predicted molar refractivity (Wildman–Crippen MR) is 87.2 cm³/mol. The third-order valence-electron chi connectivity index (χ3n) is 3.50. The number of amides is 1. The van der Waals surface area contributed by atoms with E-state index in [-0.39, 0.29) is 24.2 Å². The summed E-state index contributed by atoms with van der Waals surface area (Å²) in [5.41, 5.74) is 7.04. The number of carbonyl (C=O) groups is 1. The molecule has 114 valence electrons. The zero-order valence-electron chi connectivity index (χ0n) is 12.3. The van der Waals surface area contributed by atoms with Gasteiger partial charge in [0.15, 0.2) is 0 Å². The van der Waals surface area contributed by atoms with E-state index >= 15 is 0 Å². The minimum atomic E-state index is -0.427. The van der Waals surface area contributed by atoms with Gasteiger partial charge in [0.05, 0.1) is 6.04 Å². The maximum atomic E-state index is 12.3. The fourth-order valence-corrected chi connectivity index (χ4v) is 2.12. The Morgan fingerprint density at radius 2 is 2.05 bits per heavy atom. The second-order valence-electron chi connectivity index (χ2n) is 4.89. The van der Waals surface area contributed by atoms with Crippen molar-refractivity contribution in [3.63, 3.8) is 0 Å². The predicted octanol–water partition coefficient (Wildman–Crippen LogP) is 3.48. The molecule has 0 saturated carbocycles. The van der Waals surface area contributed by atoms with Crippen molar-refractivity contribution in [2.24, 2.45) is 11.7 Å². The third kappa shape index (κ3) is 5.31. The normalized spacial score (nSPS) is 13.2. The van der Waals surface area contributed by atoms with E-state index in [4.69, 9.17) is 17.3 Å². The maximum absolute atomic E-state index is 12.3. The molecule has 0 aliphatic rings. The molecule has 0 aliphatic heterocycles. The van der Waals surface area contributed by atoms with E-state index in [9.17, 15) is 4.79 Å². The maximum Gasteiger partial charge on any atom is 0.240 e. The molecule has 0 aromatic heterocycles. The Morgan fingerprint density at radius 3 is 2.55 bits per heavy atom. The molecule has 0 heterocycles. The van der Waals surface area contributed by atoms with Gasteiger partial charge in [0, 0.05) is 18.1 Å². The number of likely N-dealkylation sites (N-methyl/N-ethyl adjacent to an activating group) is 1. The number of carbonyl (C=O) groups excluding carboxylic acids is 1. The van der Waals surface area contributed by atoms with Crippen molar-refractivity contribution >= 4 is 29.9 Å². The van der Waals surface area contributed by atoms with Gasteiger partial charge in [-0.2, -0.15) is 0 Å². The van der Waals surface area contributed by atoms with Crippen LogP contribution in [-0.2, 0) is 11.3 Å². The van der Waals surface area contributed by atoms with Crippen molar-refractivity contribution in [3.8, 4) is 0 Å². The van der Waals surface area contributed by atoms with Gasteiger partial charge >= 0.3 is 0 Å². The zero-order valence-corrected chi connectivity index (χ0v) is 13.9. The van der Waals surface area contributed by atoms with E-state index in [2.05, 4.69) is 0 Å². The van der Waals surface area contributed by atoms with Gasteiger partial charge in [-0.3, -0.25) is 4.79 Å². The minimum Gasteiger partial charge on any atom is -0.337 e. The monoisotopic (exact) mass is 318 g/mol. The van der Waals surface area contributed by atoms with Gasteiger partial charge in [0.25, 0.3) is 0 Å². The summed E-state index contributed by atoms with van der Waals surface area (Å²) in [5, 5.41) is 0.687. The lowest BCUT2D eigenvalue weighted by Gasteiger charge is -2.27. The van der Waals surface area contributed by atoms with Crippen LogP contribution in [0, 0.1) is 5.92 Å². The van der Waals surface area contributed by atoms with Crippen molar-refractivity contribution in [2.45, 2.75) is 39.8 Å². The van der Waals surface area contributed by atoms with Crippen LogP contribution in [-0.4, -0.2) is 23.4 Å². The summed E-state index contributed by atoms with van der Waals surface area (Å²) in [6.07, 6.45) is 0.904. The highest BCUT2D eigenvalue weighted by atomic mass is 35.5. The summed E-state index contributed by atoms with van der Waals surface area (Å²) in [7, 11) is 0. The number of hydrogen-bond acceptors (Lipinski definition) is 2. The number of halogens is 2. The molecule has 0 radical (unpaired) electrons. The van der Waals surface area contributed by atoms with Crippen LogP contribution in [0.25, 0.3) is 0 Å². The molecule has 1 aromatic carbocycles. The number of nitrogens with zero attached hydrogens (tertiary/aromatic N) is 1. The van der Waals surface area contributed by atoms with Crippen LogP contribution >= 0.6 is 24.0 Å². The van der Waals surface area contributed by atoms with Crippen LogP contribution in [0.2, 0.25) is 5.02 Å². The summed E-state index contributed by atoms with van der Waals surface area (Å²) in [6, 6.07) is 7.14. The Labute approximate surface area is 132 Å². The van der Waals surface area contributed by atoms with Gasteiger partial charge in [-0.25, -0.2) is 0 Å². The molecule has 1 rings (SSSR count). The molecule has 0 fully saturated rings. The van der Waals surface area contributed by atoms with E-state index in [1.165, 1.54) is 0 Å². The van der Waals surface area contributed by atoms with Gasteiger partial charge in [-0.05, 0) is 30.5 Å². The Balaban J connectivity index is 0.00000361. The molecule has 0 bridgehead atoms. The zero-order chi connectivity index (χ0) is 14.4. The Hall–Kier alpha value is -0.770. The molecule has 3 nitrogen and oxygen atoms in total.